The van der Waals surface area contributed by atoms with Crippen LogP contribution in [0.2, 0.25) is 0 Å². The Labute approximate surface area is 237 Å². The summed E-state index contributed by atoms with van der Waals surface area (Å²) in [4.78, 5) is 33.1. The fourth-order valence-corrected chi connectivity index (χ4v) is 5.76. The number of hydrogen-bond acceptors (Lipinski definition) is 5. The predicted molar refractivity (Wildman–Crippen MR) is 156 cm³/mol. The van der Waals surface area contributed by atoms with E-state index in [0.29, 0.717) is 37.6 Å². The van der Waals surface area contributed by atoms with Crippen LogP contribution in [0, 0.1) is 6.92 Å². The molecule has 0 aliphatic carbocycles. The standard InChI is InChI=1S/C33H39N3O4/c1-24-8-7-11-28(22-24)31-30-23-29(40-25(2)32(37)35-18-16-34(17-19-35)20-21-39-3)13-12-26(30)14-15-36(31)33(38)27-9-5-4-6-10-27/h4-13,22-23,25,31H,14-21H2,1-3H3. The lowest BCUT2D eigenvalue weighted by atomic mass is 9.87. The molecule has 2 aliphatic rings. The third-order valence-electron chi connectivity index (χ3n) is 7.94. The maximum atomic E-state index is 13.7. The highest BCUT2D eigenvalue weighted by Crippen LogP contribution is 2.38. The van der Waals surface area contributed by atoms with Crippen molar-refractivity contribution in [2.75, 3.05) is 53.0 Å². The summed E-state index contributed by atoms with van der Waals surface area (Å²) in [5.41, 5.74) is 5.13. The van der Waals surface area contributed by atoms with Crippen LogP contribution in [0.5, 0.6) is 5.75 Å². The third-order valence-corrected chi connectivity index (χ3v) is 7.94. The molecule has 2 heterocycles. The second-order valence-electron chi connectivity index (χ2n) is 10.7. The molecule has 0 bridgehead atoms. The van der Waals surface area contributed by atoms with E-state index in [-0.39, 0.29) is 17.9 Å². The summed E-state index contributed by atoms with van der Waals surface area (Å²) in [5, 5.41) is 0. The predicted octanol–water partition coefficient (Wildman–Crippen LogP) is 4.34. The molecule has 0 saturated carbocycles. The molecule has 0 radical (unpaired) electrons. The number of fused-ring (bicyclic) bond motifs is 1. The van der Waals surface area contributed by atoms with E-state index < -0.39 is 6.10 Å². The zero-order valence-electron chi connectivity index (χ0n) is 23.7. The van der Waals surface area contributed by atoms with Gasteiger partial charge in [0.25, 0.3) is 11.8 Å². The van der Waals surface area contributed by atoms with E-state index in [4.69, 9.17) is 9.47 Å². The summed E-state index contributed by atoms with van der Waals surface area (Å²) < 4.78 is 11.4. The molecular formula is C33H39N3O4. The lowest BCUT2D eigenvalue weighted by molar-refractivity contribution is -0.139. The van der Waals surface area contributed by atoms with Crippen LogP contribution >= 0.6 is 0 Å². The molecule has 2 unspecified atom stereocenters. The number of benzene rings is 3. The quantitative estimate of drug-likeness (QED) is 0.425. The fraction of sp³-hybridized carbons (Fsp3) is 0.394. The molecule has 7 heteroatoms. The van der Waals surface area contributed by atoms with Crippen molar-refractivity contribution in [2.45, 2.75) is 32.4 Å². The first-order valence-electron chi connectivity index (χ1n) is 14.2. The van der Waals surface area contributed by atoms with Gasteiger partial charge in [-0.1, -0.05) is 54.1 Å². The fourth-order valence-electron chi connectivity index (χ4n) is 5.76. The van der Waals surface area contributed by atoms with Crippen molar-refractivity contribution in [3.8, 4) is 5.75 Å². The van der Waals surface area contributed by atoms with E-state index in [9.17, 15) is 9.59 Å². The highest BCUT2D eigenvalue weighted by molar-refractivity contribution is 5.95. The van der Waals surface area contributed by atoms with Gasteiger partial charge in [0, 0.05) is 51.9 Å². The number of ether oxygens (including phenoxy) is 2. The van der Waals surface area contributed by atoms with Gasteiger partial charge in [-0.3, -0.25) is 14.5 Å². The maximum absolute atomic E-state index is 13.7. The normalized spacial score (nSPS) is 18.2. The molecule has 7 nitrogen and oxygen atoms in total. The highest BCUT2D eigenvalue weighted by Gasteiger charge is 2.33. The summed E-state index contributed by atoms with van der Waals surface area (Å²) in [7, 11) is 1.71. The Hall–Kier alpha value is -3.68. The number of rotatable bonds is 8. The minimum atomic E-state index is -0.605. The van der Waals surface area contributed by atoms with Gasteiger partial charge < -0.3 is 19.3 Å². The van der Waals surface area contributed by atoms with Gasteiger partial charge in [-0.2, -0.15) is 0 Å². The van der Waals surface area contributed by atoms with Crippen LogP contribution in [0.4, 0.5) is 0 Å². The van der Waals surface area contributed by atoms with E-state index in [0.717, 1.165) is 42.7 Å². The Bertz CT molecular complexity index is 1320. The van der Waals surface area contributed by atoms with Gasteiger partial charge in [-0.25, -0.2) is 0 Å². The number of carbonyl (C=O) groups is 2. The SMILES string of the molecule is COCCN1CCN(C(=O)C(C)Oc2ccc3c(c2)C(c2cccc(C)c2)N(C(=O)c2ccccc2)CC3)CC1. The number of methoxy groups -OCH3 is 1. The molecule has 2 amide bonds. The van der Waals surface area contributed by atoms with E-state index in [1.807, 2.05) is 65.3 Å². The summed E-state index contributed by atoms with van der Waals surface area (Å²) in [6.07, 6.45) is 0.157. The molecule has 2 atom stereocenters. The number of nitrogens with zero attached hydrogens (tertiary/aromatic N) is 3. The van der Waals surface area contributed by atoms with Crippen molar-refractivity contribution >= 4 is 11.8 Å². The first-order chi connectivity index (χ1) is 19.4. The van der Waals surface area contributed by atoms with Crippen LogP contribution in [0.25, 0.3) is 0 Å². The van der Waals surface area contributed by atoms with Gasteiger partial charge in [0.1, 0.15) is 5.75 Å². The Morgan fingerprint density at radius 1 is 0.925 bits per heavy atom. The molecule has 1 fully saturated rings. The van der Waals surface area contributed by atoms with Gasteiger partial charge in [-0.15, -0.1) is 0 Å². The van der Waals surface area contributed by atoms with Crippen LogP contribution in [0.3, 0.4) is 0 Å². The summed E-state index contributed by atoms with van der Waals surface area (Å²) in [5.74, 6) is 0.655. The molecule has 2 aliphatic heterocycles. The zero-order valence-corrected chi connectivity index (χ0v) is 23.7. The molecule has 210 valence electrons. The Kier molecular flexibility index (Phi) is 8.82. The van der Waals surface area contributed by atoms with Gasteiger partial charge in [-0.05, 0) is 61.2 Å². The molecule has 0 N–H and O–H groups in total. The molecule has 3 aromatic rings. The van der Waals surface area contributed by atoms with E-state index in [2.05, 4.69) is 36.1 Å². The topological polar surface area (TPSA) is 62.3 Å². The number of hydrogen-bond donors (Lipinski definition) is 0. The van der Waals surface area contributed by atoms with E-state index in [1.165, 1.54) is 5.56 Å². The van der Waals surface area contributed by atoms with Crippen LogP contribution in [0.15, 0.2) is 72.8 Å². The average molecular weight is 542 g/mol. The lowest BCUT2D eigenvalue weighted by Gasteiger charge is -2.38. The van der Waals surface area contributed by atoms with Crippen LogP contribution in [-0.4, -0.2) is 85.6 Å². The smallest absolute Gasteiger partial charge is 0.263 e. The van der Waals surface area contributed by atoms with Crippen molar-refractivity contribution < 1.29 is 19.1 Å². The number of carbonyl (C=O) groups excluding carboxylic acids is 2. The van der Waals surface area contributed by atoms with E-state index in [1.54, 1.807) is 7.11 Å². The number of piperazine rings is 1. The second-order valence-corrected chi connectivity index (χ2v) is 10.7. The summed E-state index contributed by atoms with van der Waals surface area (Å²) >= 11 is 0. The largest absolute Gasteiger partial charge is 0.481 e. The third kappa shape index (κ3) is 6.21. The first kappa shape index (κ1) is 27.9. The molecule has 0 aromatic heterocycles. The lowest BCUT2D eigenvalue weighted by Crippen LogP contribution is -2.52. The molecule has 1 saturated heterocycles. The van der Waals surface area contributed by atoms with Gasteiger partial charge in [0.15, 0.2) is 6.10 Å². The van der Waals surface area contributed by atoms with Crippen LogP contribution in [0.1, 0.15) is 45.6 Å². The highest BCUT2D eigenvalue weighted by atomic mass is 16.5. The van der Waals surface area contributed by atoms with Crippen molar-refractivity contribution in [3.05, 3.63) is 101 Å². The second kappa shape index (κ2) is 12.7. The van der Waals surface area contributed by atoms with Crippen molar-refractivity contribution in [2.24, 2.45) is 0 Å². The van der Waals surface area contributed by atoms with Crippen molar-refractivity contribution in [1.82, 2.24) is 14.7 Å². The maximum Gasteiger partial charge on any atom is 0.263 e. The molecular weight excluding hydrogens is 502 g/mol. The summed E-state index contributed by atoms with van der Waals surface area (Å²) in [6.45, 7) is 9.15. The van der Waals surface area contributed by atoms with Crippen molar-refractivity contribution in [1.29, 1.82) is 0 Å². The van der Waals surface area contributed by atoms with Crippen LogP contribution in [-0.2, 0) is 16.0 Å². The zero-order chi connectivity index (χ0) is 28.1. The molecule has 40 heavy (non-hydrogen) atoms. The first-order valence-corrected chi connectivity index (χ1v) is 14.2. The molecule has 0 spiro atoms. The monoisotopic (exact) mass is 541 g/mol. The van der Waals surface area contributed by atoms with Gasteiger partial charge in [0.2, 0.25) is 0 Å². The Morgan fingerprint density at radius 3 is 2.42 bits per heavy atom. The van der Waals surface area contributed by atoms with Crippen molar-refractivity contribution in [3.63, 3.8) is 0 Å². The number of aryl methyl sites for hydroxylation is 1. The molecule has 5 rings (SSSR count). The Balaban J connectivity index is 1.37. The van der Waals surface area contributed by atoms with E-state index >= 15 is 0 Å². The number of amides is 2. The van der Waals surface area contributed by atoms with Gasteiger partial charge in [0.05, 0.1) is 12.6 Å². The van der Waals surface area contributed by atoms with Gasteiger partial charge >= 0.3 is 0 Å². The van der Waals surface area contributed by atoms with Crippen LogP contribution < -0.4 is 4.74 Å². The average Bonchev–Trinajstić information content (AvgIpc) is 2.99. The minimum absolute atomic E-state index is 0.000211. The minimum Gasteiger partial charge on any atom is -0.481 e. The summed E-state index contributed by atoms with van der Waals surface area (Å²) in [6, 6.07) is 23.6. The molecule has 3 aromatic carbocycles. The Morgan fingerprint density at radius 2 is 1.70 bits per heavy atom.